The van der Waals surface area contributed by atoms with E-state index < -0.39 is 0 Å². The minimum absolute atomic E-state index is 0.0238. The third kappa shape index (κ3) is 4.58. The number of carbonyl (C=O) groups is 1. The van der Waals surface area contributed by atoms with E-state index in [2.05, 4.69) is 25.6 Å². The van der Waals surface area contributed by atoms with Crippen LogP contribution in [0.3, 0.4) is 0 Å². The van der Waals surface area contributed by atoms with Crippen molar-refractivity contribution in [3.8, 4) is 0 Å². The molecule has 0 aromatic carbocycles. The Morgan fingerprint density at radius 3 is 3.08 bits per heavy atom. The molecule has 0 aliphatic carbocycles. The Labute approximate surface area is 142 Å². The zero-order chi connectivity index (χ0) is 16.8. The standard InChI is InChI=1S/C18H23N5O/c1-13-22-15(10-17(23-13)16-5-3-9-20-16)6-7-18(24)21-12-14-4-2-8-19-11-14/h2,4,8,10-11,16,20H,3,5-7,9,12H2,1H3,(H,21,24). The van der Waals surface area contributed by atoms with Gasteiger partial charge < -0.3 is 10.6 Å². The van der Waals surface area contributed by atoms with Crippen LogP contribution in [0.5, 0.6) is 0 Å². The summed E-state index contributed by atoms with van der Waals surface area (Å²) < 4.78 is 0. The van der Waals surface area contributed by atoms with Gasteiger partial charge in [-0.1, -0.05) is 6.07 Å². The molecule has 1 aliphatic rings. The highest BCUT2D eigenvalue weighted by Gasteiger charge is 2.18. The van der Waals surface area contributed by atoms with Crippen LogP contribution < -0.4 is 10.6 Å². The molecule has 126 valence electrons. The van der Waals surface area contributed by atoms with Gasteiger partial charge in [0.1, 0.15) is 5.82 Å². The first-order chi connectivity index (χ1) is 11.7. The predicted molar refractivity (Wildman–Crippen MR) is 91.2 cm³/mol. The van der Waals surface area contributed by atoms with Crippen molar-refractivity contribution in [3.05, 3.63) is 53.4 Å². The van der Waals surface area contributed by atoms with Gasteiger partial charge in [-0.05, 0) is 50.4 Å². The molecule has 3 rings (SSSR count). The minimum Gasteiger partial charge on any atom is -0.352 e. The van der Waals surface area contributed by atoms with Crippen molar-refractivity contribution >= 4 is 5.91 Å². The van der Waals surface area contributed by atoms with Gasteiger partial charge in [0.05, 0.1) is 5.69 Å². The van der Waals surface area contributed by atoms with Crippen LogP contribution in [0.4, 0.5) is 0 Å². The first-order valence-corrected chi connectivity index (χ1v) is 8.44. The summed E-state index contributed by atoms with van der Waals surface area (Å²) in [6, 6.07) is 6.17. The number of amides is 1. The van der Waals surface area contributed by atoms with Gasteiger partial charge in [0.2, 0.25) is 5.91 Å². The molecule has 0 saturated carbocycles. The Balaban J connectivity index is 1.53. The topological polar surface area (TPSA) is 79.8 Å². The van der Waals surface area contributed by atoms with Crippen molar-refractivity contribution in [2.45, 2.75) is 45.2 Å². The van der Waals surface area contributed by atoms with Gasteiger partial charge >= 0.3 is 0 Å². The van der Waals surface area contributed by atoms with E-state index in [1.165, 1.54) is 6.42 Å². The van der Waals surface area contributed by atoms with E-state index in [-0.39, 0.29) is 5.91 Å². The van der Waals surface area contributed by atoms with Crippen LogP contribution in [0.15, 0.2) is 30.6 Å². The maximum absolute atomic E-state index is 12.0. The Morgan fingerprint density at radius 2 is 2.33 bits per heavy atom. The molecule has 1 unspecified atom stereocenters. The summed E-state index contributed by atoms with van der Waals surface area (Å²) >= 11 is 0. The van der Waals surface area contributed by atoms with E-state index in [4.69, 9.17) is 0 Å². The Kier molecular flexibility index (Phi) is 5.48. The number of pyridine rings is 1. The molecule has 6 heteroatoms. The quantitative estimate of drug-likeness (QED) is 0.847. The first kappa shape index (κ1) is 16.5. The summed E-state index contributed by atoms with van der Waals surface area (Å²) in [7, 11) is 0. The first-order valence-electron chi connectivity index (χ1n) is 8.44. The molecule has 1 saturated heterocycles. The number of nitrogens with one attached hydrogen (secondary N) is 2. The predicted octanol–water partition coefficient (Wildman–Crippen LogP) is 1.85. The van der Waals surface area contributed by atoms with E-state index in [1.807, 2.05) is 25.1 Å². The van der Waals surface area contributed by atoms with Crippen LogP contribution in [0.1, 0.15) is 48.1 Å². The summed E-state index contributed by atoms with van der Waals surface area (Å²) in [5.74, 6) is 0.794. The van der Waals surface area contributed by atoms with Gasteiger partial charge in [0.25, 0.3) is 0 Å². The molecule has 1 aliphatic heterocycles. The van der Waals surface area contributed by atoms with Gasteiger partial charge in [-0.25, -0.2) is 9.97 Å². The zero-order valence-corrected chi connectivity index (χ0v) is 14.0. The number of aryl methyl sites for hydroxylation is 2. The SMILES string of the molecule is Cc1nc(CCC(=O)NCc2cccnc2)cc(C2CCCN2)n1. The van der Waals surface area contributed by atoms with Gasteiger partial charge in [-0.3, -0.25) is 9.78 Å². The van der Waals surface area contributed by atoms with Gasteiger partial charge in [0.15, 0.2) is 0 Å². The molecular formula is C18H23N5O. The number of hydrogen-bond donors (Lipinski definition) is 2. The van der Waals surface area contributed by atoms with Gasteiger partial charge in [-0.2, -0.15) is 0 Å². The average molecular weight is 325 g/mol. The molecule has 1 fully saturated rings. The smallest absolute Gasteiger partial charge is 0.220 e. The lowest BCUT2D eigenvalue weighted by Crippen LogP contribution is -2.23. The summed E-state index contributed by atoms with van der Waals surface area (Å²) in [4.78, 5) is 25.1. The van der Waals surface area contributed by atoms with Crippen LogP contribution in [0.2, 0.25) is 0 Å². The van der Waals surface area contributed by atoms with Crippen LogP contribution in [0, 0.1) is 6.92 Å². The molecule has 2 N–H and O–H groups in total. The molecule has 1 atom stereocenters. The van der Waals surface area contributed by atoms with Crippen LogP contribution in [0.25, 0.3) is 0 Å². The maximum atomic E-state index is 12.0. The lowest BCUT2D eigenvalue weighted by molar-refractivity contribution is -0.121. The third-order valence-electron chi connectivity index (χ3n) is 4.15. The highest BCUT2D eigenvalue weighted by atomic mass is 16.1. The fraction of sp³-hybridized carbons (Fsp3) is 0.444. The summed E-state index contributed by atoms with van der Waals surface area (Å²) in [5.41, 5.74) is 2.98. The highest BCUT2D eigenvalue weighted by molar-refractivity contribution is 5.76. The van der Waals surface area contributed by atoms with Crippen molar-refractivity contribution < 1.29 is 4.79 Å². The number of hydrogen-bond acceptors (Lipinski definition) is 5. The second-order valence-electron chi connectivity index (χ2n) is 6.12. The van der Waals surface area contributed by atoms with Crippen molar-refractivity contribution in [1.29, 1.82) is 0 Å². The molecule has 0 bridgehead atoms. The van der Waals surface area contributed by atoms with Crippen LogP contribution >= 0.6 is 0 Å². The minimum atomic E-state index is 0.0238. The summed E-state index contributed by atoms with van der Waals surface area (Å²) in [6.07, 6.45) is 6.83. The number of nitrogens with zero attached hydrogens (tertiary/aromatic N) is 3. The average Bonchev–Trinajstić information content (AvgIpc) is 3.13. The maximum Gasteiger partial charge on any atom is 0.220 e. The molecule has 2 aromatic heterocycles. The normalized spacial score (nSPS) is 17.0. The van der Waals surface area contributed by atoms with E-state index >= 15 is 0 Å². The fourth-order valence-corrected chi connectivity index (χ4v) is 2.93. The van der Waals surface area contributed by atoms with E-state index in [0.717, 1.165) is 35.7 Å². The number of aromatic nitrogens is 3. The monoisotopic (exact) mass is 325 g/mol. The van der Waals surface area contributed by atoms with E-state index in [0.29, 0.717) is 25.4 Å². The second-order valence-corrected chi connectivity index (χ2v) is 6.12. The number of rotatable bonds is 6. The van der Waals surface area contributed by atoms with Gasteiger partial charge in [0, 0.05) is 37.1 Å². The fourth-order valence-electron chi connectivity index (χ4n) is 2.93. The molecule has 24 heavy (non-hydrogen) atoms. The summed E-state index contributed by atoms with van der Waals surface area (Å²) in [5, 5.41) is 6.37. The van der Waals surface area contributed by atoms with Crippen molar-refractivity contribution in [3.63, 3.8) is 0 Å². The largest absolute Gasteiger partial charge is 0.352 e. The summed E-state index contributed by atoms with van der Waals surface area (Å²) in [6.45, 7) is 3.46. The highest BCUT2D eigenvalue weighted by Crippen LogP contribution is 2.22. The van der Waals surface area contributed by atoms with Crippen molar-refractivity contribution in [2.24, 2.45) is 0 Å². The van der Waals surface area contributed by atoms with E-state index in [1.54, 1.807) is 12.4 Å². The lowest BCUT2D eigenvalue weighted by Gasteiger charge is -2.12. The molecule has 6 nitrogen and oxygen atoms in total. The van der Waals surface area contributed by atoms with Crippen molar-refractivity contribution in [1.82, 2.24) is 25.6 Å². The Hall–Kier alpha value is -2.34. The van der Waals surface area contributed by atoms with Crippen LogP contribution in [-0.4, -0.2) is 27.4 Å². The molecule has 2 aromatic rings. The molecule has 0 radical (unpaired) electrons. The number of carbonyl (C=O) groups excluding carboxylic acids is 1. The molecule has 0 spiro atoms. The Morgan fingerprint density at radius 1 is 1.42 bits per heavy atom. The molecule has 3 heterocycles. The lowest BCUT2D eigenvalue weighted by atomic mass is 10.1. The van der Waals surface area contributed by atoms with E-state index in [9.17, 15) is 4.79 Å². The second kappa shape index (κ2) is 7.97. The van der Waals surface area contributed by atoms with Crippen LogP contribution in [-0.2, 0) is 17.8 Å². The Bertz CT molecular complexity index is 683. The molecular weight excluding hydrogens is 302 g/mol. The third-order valence-corrected chi connectivity index (χ3v) is 4.15. The molecule has 1 amide bonds. The van der Waals surface area contributed by atoms with Crippen molar-refractivity contribution in [2.75, 3.05) is 6.54 Å². The van der Waals surface area contributed by atoms with Gasteiger partial charge in [-0.15, -0.1) is 0 Å². The zero-order valence-electron chi connectivity index (χ0n) is 14.0.